The van der Waals surface area contributed by atoms with Gasteiger partial charge in [-0.2, -0.15) is 0 Å². The first kappa shape index (κ1) is 32.8. The van der Waals surface area contributed by atoms with E-state index in [9.17, 15) is 34.2 Å². The van der Waals surface area contributed by atoms with Gasteiger partial charge in [0.1, 0.15) is 18.1 Å². The number of aliphatic hydroxyl groups excluding tert-OH is 1. The molecule has 39 heavy (non-hydrogen) atoms. The van der Waals surface area contributed by atoms with Gasteiger partial charge in [0.05, 0.1) is 12.1 Å². The van der Waals surface area contributed by atoms with Crippen LogP contribution in [0.25, 0.3) is 0 Å². The number of carboxylic acid groups (broad SMARTS) is 2. The molecule has 1 rings (SSSR count). The Morgan fingerprint density at radius 1 is 0.897 bits per heavy atom. The number of carboxylic acids is 2. The number of guanidine groups is 1. The fourth-order valence-electron chi connectivity index (χ4n) is 3.43. The number of rotatable bonds is 17. The molecule has 15 heteroatoms. The Kier molecular flexibility index (Phi) is 13.9. The number of aliphatic imine (C=N–C) groups is 1. The molecule has 216 valence electrons. The predicted octanol–water partition coefficient (Wildman–Crippen LogP) is -2.61. The van der Waals surface area contributed by atoms with Crippen LogP contribution in [0.5, 0.6) is 0 Å². The molecule has 0 saturated carbocycles. The summed E-state index contributed by atoms with van der Waals surface area (Å²) >= 11 is 0. The molecule has 0 spiro atoms. The number of carbonyl (C=O) groups is 5. The number of aliphatic carboxylic acids is 2. The topological polar surface area (TPSA) is 273 Å². The third-order valence-electron chi connectivity index (χ3n) is 5.54. The van der Waals surface area contributed by atoms with Crippen LogP contribution in [-0.4, -0.2) is 87.8 Å². The van der Waals surface area contributed by atoms with Gasteiger partial charge in [-0.3, -0.25) is 24.2 Å². The van der Waals surface area contributed by atoms with Crippen molar-refractivity contribution < 1.29 is 39.3 Å². The van der Waals surface area contributed by atoms with Gasteiger partial charge in [-0.15, -0.1) is 0 Å². The second-order valence-electron chi connectivity index (χ2n) is 8.86. The summed E-state index contributed by atoms with van der Waals surface area (Å²) in [7, 11) is 0. The average molecular weight is 552 g/mol. The van der Waals surface area contributed by atoms with Crippen molar-refractivity contribution in [2.75, 3.05) is 6.54 Å². The Labute approximate surface area is 225 Å². The van der Waals surface area contributed by atoms with E-state index in [1.165, 1.54) is 6.92 Å². The first-order valence-electron chi connectivity index (χ1n) is 12.2. The highest BCUT2D eigenvalue weighted by atomic mass is 16.4. The zero-order valence-electron chi connectivity index (χ0n) is 21.6. The number of aliphatic hydroxyl groups is 1. The van der Waals surface area contributed by atoms with Gasteiger partial charge in [0.25, 0.3) is 0 Å². The summed E-state index contributed by atoms with van der Waals surface area (Å²) in [5.74, 6) is -5.34. The standard InChI is InChI=1S/C24H37N7O8/c1-13(32)19(31-20(35)15(25)8-5-11-28-24(26)27)22(37)30-17(12-14-6-3-2-4-7-14)21(36)29-16(23(38)39)9-10-18(33)34/h2-4,6-7,13,15-17,19,32H,5,8-12,25H2,1H3,(H,29,36)(H,30,37)(H,31,35)(H,33,34)(H,38,39)(H4,26,27,28). The van der Waals surface area contributed by atoms with Crippen LogP contribution in [0.4, 0.5) is 0 Å². The maximum Gasteiger partial charge on any atom is 0.326 e. The molecule has 12 N–H and O–H groups in total. The lowest BCUT2D eigenvalue weighted by molar-refractivity contribution is -0.143. The molecular weight excluding hydrogens is 514 g/mol. The van der Waals surface area contributed by atoms with E-state index >= 15 is 0 Å². The number of hydrogen-bond acceptors (Lipinski definition) is 8. The van der Waals surface area contributed by atoms with Gasteiger partial charge in [0.15, 0.2) is 5.96 Å². The molecule has 1 aromatic carbocycles. The molecular formula is C24H37N7O8. The summed E-state index contributed by atoms with van der Waals surface area (Å²) in [6.45, 7) is 1.50. The normalized spacial score (nSPS) is 14.5. The van der Waals surface area contributed by atoms with Gasteiger partial charge in [0.2, 0.25) is 17.7 Å². The van der Waals surface area contributed by atoms with E-state index in [-0.39, 0.29) is 31.8 Å². The highest BCUT2D eigenvalue weighted by Gasteiger charge is 2.32. The molecule has 15 nitrogen and oxygen atoms in total. The van der Waals surface area contributed by atoms with Crippen LogP contribution < -0.4 is 33.2 Å². The monoisotopic (exact) mass is 551 g/mol. The SMILES string of the molecule is CC(O)C(NC(=O)C(N)CCCN=C(N)N)C(=O)NC(Cc1ccccc1)C(=O)NC(CCC(=O)O)C(=O)O. The molecule has 0 bridgehead atoms. The van der Waals surface area contributed by atoms with E-state index in [1.807, 2.05) is 0 Å². The van der Waals surface area contributed by atoms with Crippen LogP contribution in [0, 0.1) is 0 Å². The zero-order valence-corrected chi connectivity index (χ0v) is 21.6. The first-order valence-corrected chi connectivity index (χ1v) is 12.2. The summed E-state index contributed by atoms with van der Waals surface area (Å²) in [6.07, 6.45) is -1.77. The molecule has 3 amide bonds. The van der Waals surface area contributed by atoms with E-state index in [2.05, 4.69) is 20.9 Å². The van der Waals surface area contributed by atoms with E-state index in [4.69, 9.17) is 22.3 Å². The lowest BCUT2D eigenvalue weighted by Gasteiger charge is -2.26. The van der Waals surface area contributed by atoms with Crippen LogP contribution in [0.2, 0.25) is 0 Å². The van der Waals surface area contributed by atoms with Gasteiger partial charge >= 0.3 is 11.9 Å². The second kappa shape index (κ2) is 16.6. The van der Waals surface area contributed by atoms with E-state index in [0.717, 1.165) is 0 Å². The molecule has 5 atom stereocenters. The quantitative estimate of drug-likeness (QED) is 0.0549. The van der Waals surface area contributed by atoms with Gasteiger partial charge < -0.3 is 48.5 Å². The van der Waals surface area contributed by atoms with Crippen LogP contribution in [0.3, 0.4) is 0 Å². The van der Waals surface area contributed by atoms with Gasteiger partial charge in [-0.25, -0.2) is 4.79 Å². The largest absolute Gasteiger partial charge is 0.481 e. The first-order chi connectivity index (χ1) is 18.3. The molecule has 0 aliphatic rings. The zero-order chi connectivity index (χ0) is 29.5. The molecule has 0 aromatic heterocycles. The Hall–Kier alpha value is -4.24. The van der Waals surface area contributed by atoms with Crippen molar-refractivity contribution in [2.24, 2.45) is 22.2 Å². The Bertz CT molecular complexity index is 1010. The Morgan fingerprint density at radius 3 is 2.05 bits per heavy atom. The van der Waals surface area contributed by atoms with Crippen LogP contribution in [-0.2, 0) is 30.4 Å². The number of amides is 3. The summed E-state index contributed by atoms with van der Waals surface area (Å²) in [5, 5.41) is 35.5. The Morgan fingerprint density at radius 2 is 1.51 bits per heavy atom. The van der Waals surface area contributed by atoms with E-state index < -0.39 is 66.4 Å². The molecule has 0 saturated heterocycles. The summed E-state index contributed by atoms with van der Waals surface area (Å²) in [4.78, 5) is 64.8. The molecule has 5 unspecified atom stereocenters. The fourth-order valence-corrected chi connectivity index (χ4v) is 3.43. The van der Waals surface area contributed by atoms with Gasteiger partial charge in [-0.1, -0.05) is 30.3 Å². The smallest absolute Gasteiger partial charge is 0.326 e. The van der Waals surface area contributed by atoms with Gasteiger partial charge in [-0.05, 0) is 31.7 Å². The summed E-state index contributed by atoms with van der Waals surface area (Å²) in [5.41, 5.74) is 17.0. The predicted molar refractivity (Wildman–Crippen MR) is 140 cm³/mol. The number of benzene rings is 1. The van der Waals surface area contributed by atoms with Crippen molar-refractivity contribution in [1.82, 2.24) is 16.0 Å². The highest BCUT2D eigenvalue weighted by Crippen LogP contribution is 2.07. The van der Waals surface area contributed by atoms with Crippen molar-refractivity contribution in [2.45, 2.75) is 69.3 Å². The van der Waals surface area contributed by atoms with E-state index in [0.29, 0.717) is 12.0 Å². The minimum Gasteiger partial charge on any atom is -0.481 e. The number of hydrogen-bond donors (Lipinski definition) is 9. The lowest BCUT2D eigenvalue weighted by atomic mass is 10.0. The van der Waals surface area contributed by atoms with Crippen molar-refractivity contribution in [3.63, 3.8) is 0 Å². The number of nitrogens with one attached hydrogen (secondary N) is 3. The molecule has 0 fully saturated rings. The minimum absolute atomic E-state index is 0.0610. The number of nitrogens with two attached hydrogens (primary N) is 3. The minimum atomic E-state index is -1.52. The summed E-state index contributed by atoms with van der Waals surface area (Å²) in [6, 6.07) is 3.13. The molecule has 0 aliphatic heterocycles. The van der Waals surface area contributed by atoms with Crippen LogP contribution in [0.15, 0.2) is 35.3 Å². The average Bonchev–Trinajstić information content (AvgIpc) is 2.86. The second-order valence-corrected chi connectivity index (χ2v) is 8.86. The maximum atomic E-state index is 13.1. The third kappa shape index (κ3) is 12.7. The van der Waals surface area contributed by atoms with Crippen molar-refractivity contribution in [3.8, 4) is 0 Å². The van der Waals surface area contributed by atoms with Crippen molar-refractivity contribution >= 4 is 35.6 Å². The maximum absolute atomic E-state index is 13.1. The lowest BCUT2D eigenvalue weighted by Crippen LogP contribution is -2.60. The third-order valence-corrected chi connectivity index (χ3v) is 5.54. The van der Waals surface area contributed by atoms with Crippen LogP contribution >= 0.6 is 0 Å². The van der Waals surface area contributed by atoms with Crippen molar-refractivity contribution in [3.05, 3.63) is 35.9 Å². The molecule has 0 aliphatic carbocycles. The molecule has 0 heterocycles. The van der Waals surface area contributed by atoms with Crippen LogP contribution in [0.1, 0.15) is 38.2 Å². The Balaban J connectivity index is 3.01. The fraction of sp³-hybridized carbons (Fsp3) is 0.500. The number of nitrogens with zero attached hydrogens (tertiary/aromatic N) is 1. The highest BCUT2D eigenvalue weighted by molar-refractivity contribution is 5.94. The van der Waals surface area contributed by atoms with Gasteiger partial charge in [0, 0.05) is 19.4 Å². The van der Waals surface area contributed by atoms with Crippen molar-refractivity contribution in [1.29, 1.82) is 0 Å². The molecule has 1 aromatic rings. The summed E-state index contributed by atoms with van der Waals surface area (Å²) < 4.78 is 0. The van der Waals surface area contributed by atoms with E-state index in [1.54, 1.807) is 30.3 Å². The number of carbonyl (C=O) groups excluding carboxylic acids is 3. The molecule has 0 radical (unpaired) electrons.